The van der Waals surface area contributed by atoms with Gasteiger partial charge >= 0.3 is 0 Å². The molecule has 0 radical (unpaired) electrons. The van der Waals surface area contributed by atoms with Crippen LogP contribution in [0, 0.1) is 6.92 Å². The smallest absolute Gasteiger partial charge is 0.286 e. The molecule has 0 aromatic heterocycles. The molecule has 2 rings (SSSR count). The van der Waals surface area contributed by atoms with Crippen LogP contribution in [0.3, 0.4) is 0 Å². The minimum Gasteiger partial charge on any atom is -0.339 e. The highest BCUT2D eigenvalue weighted by Crippen LogP contribution is 2.29. The van der Waals surface area contributed by atoms with Gasteiger partial charge in [-0.25, -0.2) is 13.1 Å². The van der Waals surface area contributed by atoms with Crippen LogP contribution in [-0.2, 0) is 10.0 Å². The minimum atomic E-state index is -3.67. The SMILES string of the molecule is CCNS(=O)(=O)c1ccc(C)c(C(=O)Nc2ccccc2SC(=O)N(C)C)c1. The molecule has 2 aromatic rings. The van der Waals surface area contributed by atoms with Crippen LogP contribution in [0.15, 0.2) is 52.3 Å². The summed E-state index contributed by atoms with van der Waals surface area (Å²) in [5, 5.41) is 2.61. The van der Waals surface area contributed by atoms with Gasteiger partial charge in [0.1, 0.15) is 0 Å². The van der Waals surface area contributed by atoms with Gasteiger partial charge in [0.05, 0.1) is 10.6 Å². The average molecular weight is 422 g/mol. The van der Waals surface area contributed by atoms with Crippen molar-refractivity contribution < 1.29 is 18.0 Å². The van der Waals surface area contributed by atoms with Crippen molar-refractivity contribution in [2.45, 2.75) is 23.6 Å². The highest BCUT2D eigenvalue weighted by Gasteiger charge is 2.19. The summed E-state index contributed by atoms with van der Waals surface area (Å²) in [6.07, 6.45) is 0. The Morgan fingerprint density at radius 2 is 1.79 bits per heavy atom. The van der Waals surface area contributed by atoms with E-state index in [1.165, 1.54) is 17.0 Å². The molecule has 2 aromatic carbocycles. The Labute approximate surface area is 169 Å². The van der Waals surface area contributed by atoms with E-state index < -0.39 is 15.9 Å². The molecule has 0 aliphatic rings. The first-order valence-corrected chi connectivity index (χ1v) is 10.9. The topological polar surface area (TPSA) is 95.6 Å². The zero-order valence-corrected chi connectivity index (χ0v) is 17.8. The molecule has 9 heteroatoms. The van der Waals surface area contributed by atoms with Crippen molar-refractivity contribution in [1.29, 1.82) is 0 Å². The third-order valence-electron chi connectivity index (χ3n) is 3.80. The number of aryl methyl sites for hydroxylation is 1. The molecular formula is C19H23N3O4S2. The van der Waals surface area contributed by atoms with Gasteiger partial charge in [0.2, 0.25) is 10.0 Å². The quantitative estimate of drug-likeness (QED) is 0.698. The number of para-hydroxylation sites is 1. The van der Waals surface area contributed by atoms with Gasteiger partial charge in [0.15, 0.2) is 0 Å². The number of anilines is 1. The van der Waals surface area contributed by atoms with Crippen molar-refractivity contribution in [2.75, 3.05) is 26.0 Å². The van der Waals surface area contributed by atoms with E-state index in [0.717, 1.165) is 11.8 Å². The second-order valence-electron chi connectivity index (χ2n) is 6.19. The van der Waals surface area contributed by atoms with E-state index in [0.29, 0.717) is 16.1 Å². The zero-order chi connectivity index (χ0) is 20.9. The molecule has 0 saturated carbocycles. The number of amides is 2. The Kier molecular flexibility index (Phi) is 7.22. The number of hydrogen-bond donors (Lipinski definition) is 2. The van der Waals surface area contributed by atoms with E-state index in [4.69, 9.17) is 0 Å². The molecule has 0 unspecified atom stereocenters. The van der Waals surface area contributed by atoms with Gasteiger partial charge in [-0.1, -0.05) is 25.1 Å². The maximum atomic E-state index is 12.8. The van der Waals surface area contributed by atoms with Crippen molar-refractivity contribution >= 4 is 38.6 Å². The van der Waals surface area contributed by atoms with Crippen molar-refractivity contribution in [3.63, 3.8) is 0 Å². The van der Waals surface area contributed by atoms with E-state index in [9.17, 15) is 18.0 Å². The van der Waals surface area contributed by atoms with E-state index in [-0.39, 0.29) is 22.2 Å². The van der Waals surface area contributed by atoms with Crippen LogP contribution < -0.4 is 10.0 Å². The van der Waals surface area contributed by atoms with Crippen LogP contribution in [0.25, 0.3) is 0 Å². The standard InChI is InChI=1S/C19H23N3O4S2/c1-5-20-28(25,26)14-11-10-13(2)15(12-14)18(23)21-16-8-6-7-9-17(16)27-19(24)22(3)4/h6-12,20H,5H2,1-4H3,(H,21,23). The summed E-state index contributed by atoms with van der Waals surface area (Å²) in [7, 11) is -0.376. The largest absolute Gasteiger partial charge is 0.339 e. The molecule has 0 saturated heterocycles. The van der Waals surface area contributed by atoms with E-state index >= 15 is 0 Å². The number of nitrogens with zero attached hydrogens (tertiary/aromatic N) is 1. The summed E-state index contributed by atoms with van der Waals surface area (Å²) in [6.45, 7) is 3.67. The number of sulfonamides is 1. The molecule has 2 amide bonds. The predicted octanol–water partition coefficient (Wildman–Crippen LogP) is 3.32. The van der Waals surface area contributed by atoms with Crippen LogP contribution in [0.5, 0.6) is 0 Å². The van der Waals surface area contributed by atoms with Crippen molar-refractivity contribution in [3.8, 4) is 0 Å². The third-order valence-corrected chi connectivity index (χ3v) is 6.45. The van der Waals surface area contributed by atoms with Gasteiger partial charge in [-0.2, -0.15) is 0 Å². The van der Waals surface area contributed by atoms with Crippen molar-refractivity contribution in [1.82, 2.24) is 9.62 Å². The summed E-state index contributed by atoms with van der Waals surface area (Å²) in [4.78, 5) is 26.9. The normalized spacial score (nSPS) is 11.1. The minimum absolute atomic E-state index is 0.0237. The molecule has 0 aliphatic carbocycles. The molecular weight excluding hydrogens is 398 g/mol. The second kappa shape index (κ2) is 9.22. The molecule has 0 atom stereocenters. The molecule has 150 valence electrons. The lowest BCUT2D eigenvalue weighted by Crippen LogP contribution is -2.24. The highest BCUT2D eigenvalue weighted by atomic mass is 32.2. The van der Waals surface area contributed by atoms with Gasteiger partial charge in [-0.15, -0.1) is 0 Å². The van der Waals surface area contributed by atoms with Crippen LogP contribution in [-0.4, -0.2) is 45.1 Å². The zero-order valence-electron chi connectivity index (χ0n) is 16.1. The fourth-order valence-electron chi connectivity index (χ4n) is 2.32. The Morgan fingerprint density at radius 1 is 1.11 bits per heavy atom. The van der Waals surface area contributed by atoms with Gasteiger partial charge in [-0.3, -0.25) is 9.59 Å². The van der Waals surface area contributed by atoms with Gasteiger partial charge < -0.3 is 10.2 Å². The lowest BCUT2D eigenvalue weighted by atomic mass is 10.1. The summed E-state index contributed by atoms with van der Waals surface area (Å²) >= 11 is 1.00. The first-order chi connectivity index (χ1) is 13.2. The number of thioether (sulfide) groups is 1. The fourth-order valence-corrected chi connectivity index (χ4v) is 4.13. The number of carbonyl (C=O) groups is 2. The summed E-state index contributed by atoms with van der Waals surface area (Å²) < 4.78 is 26.9. The lowest BCUT2D eigenvalue weighted by Gasteiger charge is -2.14. The maximum Gasteiger partial charge on any atom is 0.286 e. The van der Waals surface area contributed by atoms with E-state index in [1.54, 1.807) is 58.3 Å². The summed E-state index contributed by atoms with van der Waals surface area (Å²) in [6, 6.07) is 11.4. The Hall–Kier alpha value is -2.36. The van der Waals surface area contributed by atoms with Gasteiger partial charge in [0.25, 0.3) is 11.1 Å². The van der Waals surface area contributed by atoms with Crippen LogP contribution in [0.1, 0.15) is 22.8 Å². The molecule has 0 spiro atoms. The third kappa shape index (κ3) is 5.34. The van der Waals surface area contributed by atoms with E-state index in [2.05, 4.69) is 10.0 Å². The van der Waals surface area contributed by atoms with Crippen molar-refractivity contribution in [3.05, 3.63) is 53.6 Å². The summed E-state index contributed by atoms with van der Waals surface area (Å²) in [5.41, 5.74) is 1.37. The molecule has 7 nitrogen and oxygen atoms in total. The van der Waals surface area contributed by atoms with E-state index in [1.807, 2.05) is 0 Å². The number of carbonyl (C=O) groups excluding carboxylic acids is 2. The first kappa shape index (κ1) is 21.9. The monoisotopic (exact) mass is 421 g/mol. The Balaban J connectivity index is 2.33. The average Bonchev–Trinajstić information content (AvgIpc) is 2.63. The van der Waals surface area contributed by atoms with Gasteiger partial charge in [0, 0.05) is 31.1 Å². The number of rotatable bonds is 6. The number of benzene rings is 2. The molecule has 0 heterocycles. The predicted molar refractivity (Wildman–Crippen MR) is 111 cm³/mol. The van der Waals surface area contributed by atoms with Crippen LogP contribution in [0.4, 0.5) is 10.5 Å². The first-order valence-electron chi connectivity index (χ1n) is 8.55. The Bertz CT molecular complexity index is 988. The molecule has 0 bridgehead atoms. The van der Waals surface area contributed by atoms with Gasteiger partial charge in [-0.05, 0) is 48.5 Å². The molecule has 0 aliphatic heterocycles. The maximum absolute atomic E-state index is 12.8. The Morgan fingerprint density at radius 3 is 2.43 bits per heavy atom. The molecule has 28 heavy (non-hydrogen) atoms. The summed E-state index contributed by atoms with van der Waals surface area (Å²) in [5.74, 6) is -0.448. The number of hydrogen-bond acceptors (Lipinski definition) is 5. The highest BCUT2D eigenvalue weighted by molar-refractivity contribution is 8.13. The molecule has 2 N–H and O–H groups in total. The lowest BCUT2D eigenvalue weighted by molar-refractivity contribution is 0.102. The molecule has 0 fully saturated rings. The van der Waals surface area contributed by atoms with Crippen LogP contribution in [0.2, 0.25) is 0 Å². The fraction of sp³-hybridized carbons (Fsp3) is 0.263. The number of nitrogens with one attached hydrogen (secondary N) is 2. The second-order valence-corrected chi connectivity index (χ2v) is 8.95. The van der Waals surface area contributed by atoms with Crippen molar-refractivity contribution in [2.24, 2.45) is 0 Å². The van der Waals surface area contributed by atoms with Crippen LogP contribution >= 0.6 is 11.8 Å².